The first kappa shape index (κ1) is 17.8. The van der Waals surface area contributed by atoms with Gasteiger partial charge in [0.05, 0.1) is 0 Å². The molecule has 2 aliphatic carbocycles. The van der Waals surface area contributed by atoms with Crippen LogP contribution in [0.15, 0.2) is 6.20 Å². The van der Waals surface area contributed by atoms with Gasteiger partial charge in [0.15, 0.2) is 12.4 Å². The highest BCUT2D eigenvalue weighted by Gasteiger charge is 2.33. The number of nitrogens with one attached hydrogen (secondary N) is 1. The van der Waals surface area contributed by atoms with Crippen molar-refractivity contribution in [1.82, 2.24) is 9.88 Å². The van der Waals surface area contributed by atoms with Crippen LogP contribution in [0.5, 0.6) is 0 Å². The Morgan fingerprint density at radius 3 is 2.46 bits per heavy atom. The van der Waals surface area contributed by atoms with Crippen LogP contribution in [0.4, 0.5) is 9.93 Å². The summed E-state index contributed by atoms with van der Waals surface area (Å²) in [5.41, 5.74) is 0. The number of rotatable bonds is 4. The summed E-state index contributed by atoms with van der Waals surface area (Å²) in [7, 11) is 0.973. The molecule has 0 aliphatic heterocycles. The second-order valence-electron chi connectivity index (χ2n) is 7.53. The lowest BCUT2D eigenvalue weighted by Crippen LogP contribution is -2.51. The number of urea groups is 1. The fourth-order valence-corrected chi connectivity index (χ4v) is 4.94. The Kier molecular flexibility index (Phi) is 6.20. The van der Waals surface area contributed by atoms with Gasteiger partial charge in [-0.3, -0.25) is 5.32 Å². The summed E-state index contributed by atoms with van der Waals surface area (Å²) in [6.07, 6.45) is 12.9. The van der Waals surface area contributed by atoms with Crippen molar-refractivity contribution in [3.8, 4) is 0 Å². The molecule has 4 nitrogen and oxygen atoms in total. The number of hydrogen-bond acceptors (Lipinski definition) is 3. The molecule has 2 saturated carbocycles. The van der Waals surface area contributed by atoms with Crippen LogP contribution in [0.3, 0.4) is 0 Å². The highest BCUT2D eigenvalue weighted by molar-refractivity contribution is 7.24. The zero-order valence-electron chi connectivity index (χ0n) is 15.1. The molecule has 1 N–H and O–H groups in total. The molecule has 0 aromatic carbocycles. The van der Waals surface area contributed by atoms with Gasteiger partial charge in [0, 0.05) is 18.3 Å². The lowest BCUT2D eigenvalue weighted by Gasteiger charge is -2.42. The van der Waals surface area contributed by atoms with Crippen molar-refractivity contribution in [3.63, 3.8) is 0 Å². The summed E-state index contributed by atoms with van der Waals surface area (Å²) in [5.74, 6) is 0.809. The minimum Gasteiger partial charge on any atom is -0.319 e. The van der Waals surface area contributed by atoms with Crippen LogP contribution in [0.2, 0.25) is 6.82 Å². The maximum atomic E-state index is 13.1. The molecular formula is C18H30BN3OS. The minimum atomic E-state index is 0.0819. The van der Waals surface area contributed by atoms with Gasteiger partial charge in [-0.15, -0.1) is 11.3 Å². The Hall–Kier alpha value is -1.04. The van der Waals surface area contributed by atoms with Gasteiger partial charge in [0.2, 0.25) is 0 Å². The summed E-state index contributed by atoms with van der Waals surface area (Å²) < 4.78 is 1.22. The Balaban J connectivity index is 1.71. The van der Waals surface area contributed by atoms with E-state index >= 15 is 0 Å². The van der Waals surface area contributed by atoms with Gasteiger partial charge in [-0.25, -0.2) is 9.78 Å². The lowest BCUT2D eigenvalue weighted by atomic mass is 9.81. The average Bonchev–Trinajstić information content (AvgIpc) is 3.05. The number of carbonyl (C=O) groups is 1. The van der Waals surface area contributed by atoms with Crippen molar-refractivity contribution < 1.29 is 4.79 Å². The Bertz CT molecular complexity index is 536. The van der Waals surface area contributed by atoms with Crippen molar-refractivity contribution >= 4 is 34.6 Å². The van der Waals surface area contributed by atoms with E-state index in [1.165, 1.54) is 36.9 Å². The van der Waals surface area contributed by atoms with Crippen LogP contribution in [0, 0.1) is 5.92 Å². The summed E-state index contributed by atoms with van der Waals surface area (Å²) in [4.78, 5) is 19.6. The molecule has 2 aliphatic rings. The van der Waals surface area contributed by atoms with E-state index in [1.807, 2.05) is 6.20 Å². The smallest absolute Gasteiger partial charge is 0.319 e. The fourth-order valence-electron chi connectivity index (χ4n) is 4.19. The van der Waals surface area contributed by atoms with Crippen molar-refractivity contribution in [2.75, 3.05) is 5.32 Å². The number of carbonyl (C=O) groups excluding carboxylic acids is 1. The van der Waals surface area contributed by atoms with Crippen LogP contribution in [0.1, 0.15) is 64.7 Å². The Labute approximate surface area is 150 Å². The predicted molar refractivity (Wildman–Crippen MR) is 104 cm³/mol. The molecule has 0 atom stereocenters. The topological polar surface area (TPSA) is 45.2 Å². The van der Waals surface area contributed by atoms with E-state index in [-0.39, 0.29) is 6.03 Å². The summed E-state index contributed by atoms with van der Waals surface area (Å²) in [6, 6.07) is 0.913. The van der Waals surface area contributed by atoms with Gasteiger partial charge in [-0.2, -0.15) is 0 Å². The molecule has 3 rings (SSSR count). The maximum absolute atomic E-state index is 13.1. The molecular weight excluding hydrogens is 317 g/mol. The third kappa shape index (κ3) is 4.32. The number of nitrogens with zero attached hydrogens (tertiary/aromatic N) is 2. The first-order valence-electron chi connectivity index (χ1n) is 9.71. The van der Waals surface area contributed by atoms with Crippen LogP contribution in [-0.2, 0) is 0 Å². The predicted octanol–water partition coefficient (Wildman–Crippen LogP) is 4.00. The number of anilines is 1. The van der Waals surface area contributed by atoms with E-state index in [9.17, 15) is 4.79 Å². The Morgan fingerprint density at radius 1 is 1.17 bits per heavy atom. The first-order valence-corrected chi connectivity index (χ1v) is 10.5. The van der Waals surface area contributed by atoms with Crippen molar-refractivity contribution in [1.29, 1.82) is 0 Å². The lowest BCUT2D eigenvalue weighted by molar-refractivity contribution is 0.105. The van der Waals surface area contributed by atoms with Crippen molar-refractivity contribution in [2.24, 2.45) is 5.92 Å². The zero-order chi connectivity index (χ0) is 16.9. The first-order chi connectivity index (χ1) is 11.7. The molecule has 6 heteroatoms. The van der Waals surface area contributed by atoms with Crippen LogP contribution >= 0.6 is 11.3 Å². The molecule has 2 amide bonds. The van der Waals surface area contributed by atoms with Gasteiger partial charge in [-0.1, -0.05) is 33.0 Å². The van der Waals surface area contributed by atoms with E-state index in [2.05, 4.69) is 28.9 Å². The van der Waals surface area contributed by atoms with E-state index in [0.29, 0.717) is 12.1 Å². The second-order valence-corrected chi connectivity index (χ2v) is 8.64. The van der Waals surface area contributed by atoms with Crippen LogP contribution in [-0.4, -0.2) is 35.3 Å². The molecule has 0 bridgehead atoms. The van der Waals surface area contributed by atoms with Gasteiger partial charge in [0.1, 0.15) is 0 Å². The van der Waals surface area contributed by atoms with Crippen molar-refractivity contribution in [3.05, 3.63) is 6.20 Å². The fraction of sp³-hybridized carbons (Fsp3) is 0.778. The van der Waals surface area contributed by atoms with E-state index < -0.39 is 0 Å². The molecule has 1 heterocycles. The average molecular weight is 347 g/mol. The number of amides is 2. The molecule has 0 radical (unpaired) electrons. The highest BCUT2D eigenvalue weighted by Crippen LogP contribution is 2.32. The molecule has 1 aromatic heterocycles. The zero-order valence-corrected chi connectivity index (χ0v) is 15.9. The monoisotopic (exact) mass is 347 g/mol. The SMILES string of the molecule is CBc1cnc(NC(=O)N(C2CCCCC2)C2CCC(C)CC2)s1. The number of aromatic nitrogens is 1. The molecule has 24 heavy (non-hydrogen) atoms. The van der Waals surface area contributed by atoms with E-state index in [4.69, 9.17) is 0 Å². The van der Waals surface area contributed by atoms with E-state index in [1.54, 1.807) is 11.3 Å². The standard InChI is InChI=1S/C18H30BN3OS/c1-13-8-10-15(11-9-13)22(14-6-4-3-5-7-14)18(23)21-17-20-12-16(19-2)24-17/h12-15,19H,3-11H2,1-2H3,(H,20,21,23). The molecule has 1 aromatic rings. The molecule has 0 saturated heterocycles. The summed E-state index contributed by atoms with van der Waals surface area (Å²) in [6.45, 7) is 4.46. The van der Waals surface area contributed by atoms with Gasteiger partial charge >= 0.3 is 6.03 Å². The number of thiazole rings is 1. The van der Waals surface area contributed by atoms with Crippen molar-refractivity contribution in [2.45, 2.75) is 83.6 Å². The maximum Gasteiger partial charge on any atom is 0.324 e. The summed E-state index contributed by atoms with van der Waals surface area (Å²) in [5, 5.41) is 3.85. The third-order valence-corrected chi connectivity index (χ3v) is 6.75. The Morgan fingerprint density at radius 2 is 1.83 bits per heavy atom. The largest absolute Gasteiger partial charge is 0.324 e. The van der Waals surface area contributed by atoms with E-state index in [0.717, 1.165) is 44.0 Å². The molecule has 0 unspecified atom stereocenters. The minimum absolute atomic E-state index is 0.0819. The van der Waals surface area contributed by atoms with Gasteiger partial charge < -0.3 is 4.90 Å². The van der Waals surface area contributed by atoms with Crippen LogP contribution < -0.4 is 10.1 Å². The molecule has 0 spiro atoms. The highest BCUT2D eigenvalue weighted by atomic mass is 32.1. The number of hydrogen-bond donors (Lipinski definition) is 1. The molecule has 132 valence electrons. The van der Waals surface area contributed by atoms with Crippen LogP contribution in [0.25, 0.3) is 0 Å². The van der Waals surface area contributed by atoms with Gasteiger partial charge in [0.25, 0.3) is 0 Å². The molecule has 2 fully saturated rings. The van der Waals surface area contributed by atoms with Gasteiger partial charge in [-0.05, 0) is 49.2 Å². The summed E-state index contributed by atoms with van der Waals surface area (Å²) >= 11 is 1.60. The third-order valence-electron chi connectivity index (χ3n) is 5.70. The normalized spacial score (nSPS) is 25.2. The quantitative estimate of drug-likeness (QED) is 0.837. The second kappa shape index (κ2) is 8.37.